The number of benzene rings is 1. The van der Waals surface area contributed by atoms with E-state index in [1.54, 1.807) is 25.2 Å². The second-order valence-corrected chi connectivity index (χ2v) is 3.82. The first-order valence-corrected chi connectivity index (χ1v) is 5.76. The highest BCUT2D eigenvalue weighted by atomic mass is 16.5. The highest BCUT2D eigenvalue weighted by molar-refractivity contribution is 5.89. The van der Waals surface area contributed by atoms with Gasteiger partial charge in [-0.15, -0.1) is 0 Å². The predicted octanol–water partition coefficient (Wildman–Crippen LogP) is 0.351. The number of ether oxygens (including phenoxy) is 1. The Labute approximate surface area is 107 Å². The first kappa shape index (κ1) is 14.2. The smallest absolute Gasteiger partial charge is 0.337 e. The van der Waals surface area contributed by atoms with Gasteiger partial charge in [-0.3, -0.25) is 4.79 Å². The maximum absolute atomic E-state index is 11.3. The van der Waals surface area contributed by atoms with Gasteiger partial charge in [0.05, 0.1) is 19.2 Å². The number of carbonyl (C=O) groups is 2. The molecule has 0 aliphatic carbocycles. The number of hydrogen-bond donors (Lipinski definition) is 2. The van der Waals surface area contributed by atoms with Crippen molar-refractivity contribution in [3.05, 3.63) is 35.4 Å². The van der Waals surface area contributed by atoms with Gasteiger partial charge in [-0.2, -0.15) is 0 Å². The third-order valence-corrected chi connectivity index (χ3v) is 2.42. The quantitative estimate of drug-likeness (QED) is 0.715. The number of amides is 1. The summed E-state index contributed by atoms with van der Waals surface area (Å²) in [6.45, 7) is 0.855. The lowest BCUT2D eigenvalue weighted by Crippen LogP contribution is -2.33. The van der Waals surface area contributed by atoms with Crippen LogP contribution < -0.4 is 10.6 Å². The van der Waals surface area contributed by atoms with Crippen molar-refractivity contribution < 1.29 is 14.3 Å². The zero-order chi connectivity index (χ0) is 13.4. The largest absolute Gasteiger partial charge is 0.465 e. The maximum atomic E-state index is 11.3. The van der Waals surface area contributed by atoms with E-state index in [0.29, 0.717) is 25.1 Å². The second-order valence-electron chi connectivity index (χ2n) is 3.82. The summed E-state index contributed by atoms with van der Waals surface area (Å²) in [4.78, 5) is 22.5. The Morgan fingerprint density at radius 3 is 2.78 bits per heavy atom. The Morgan fingerprint density at radius 1 is 1.33 bits per heavy atom. The first-order valence-electron chi connectivity index (χ1n) is 5.76. The number of methoxy groups -OCH3 is 1. The van der Waals surface area contributed by atoms with Crippen molar-refractivity contribution in [2.45, 2.75) is 6.42 Å². The number of nitrogens with one attached hydrogen (secondary N) is 2. The van der Waals surface area contributed by atoms with Gasteiger partial charge in [0.2, 0.25) is 5.91 Å². The van der Waals surface area contributed by atoms with Crippen molar-refractivity contribution in [2.24, 2.45) is 0 Å². The van der Waals surface area contributed by atoms with Crippen LogP contribution in [0.15, 0.2) is 24.3 Å². The summed E-state index contributed by atoms with van der Waals surface area (Å²) < 4.78 is 4.65. The summed E-state index contributed by atoms with van der Waals surface area (Å²) >= 11 is 0. The van der Waals surface area contributed by atoms with Crippen molar-refractivity contribution in [3.8, 4) is 0 Å². The fraction of sp³-hybridized carbons (Fsp3) is 0.385. The Hall–Kier alpha value is -1.88. The topological polar surface area (TPSA) is 67.4 Å². The number of carbonyl (C=O) groups excluding carboxylic acids is 2. The molecule has 0 heterocycles. The number of likely N-dealkylation sites (N-methyl/N-ethyl adjacent to an activating group) is 1. The molecular formula is C13H18N2O3. The minimum absolute atomic E-state index is 0.0402. The fourth-order valence-corrected chi connectivity index (χ4v) is 1.54. The third kappa shape index (κ3) is 4.55. The fourth-order valence-electron chi connectivity index (χ4n) is 1.54. The number of rotatable bonds is 6. The van der Waals surface area contributed by atoms with Gasteiger partial charge in [-0.1, -0.05) is 12.1 Å². The van der Waals surface area contributed by atoms with Crippen LogP contribution in [0.25, 0.3) is 0 Å². The van der Waals surface area contributed by atoms with Crippen LogP contribution in [0.5, 0.6) is 0 Å². The van der Waals surface area contributed by atoms with Crippen LogP contribution >= 0.6 is 0 Å². The molecule has 1 amide bonds. The zero-order valence-electron chi connectivity index (χ0n) is 10.7. The van der Waals surface area contributed by atoms with Gasteiger partial charge in [0, 0.05) is 6.54 Å². The monoisotopic (exact) mass is 250 g/mol. The molecule has 0 aliphatic heterocycles. The zero-order valence-corrected chi connectivity index (χ0v) is 10.7. The lowest BCUT2D eigenvalue weighted by atomic mass is 10.1. The lowest BCUT2D eigenvalue weighted by molar-refractivity contribution is -0.120. The van der Waals surface area contributed by atoms with Gasteiger partial charge in [0.25, 0.3) is 0 Å². The van der Waals surface area contributed by atoms with Crippen LogP contribution in [0.3, 0.4) is 0 Å². The molecule has 1 rings (SSSR count). The minimum Gasteiger partial charge on any atom is -0.465 e. The van der Waals surface area contributed by atoms with E-state index in [2.05, 4.69) is 15.4 Å². The van der Waals surface area contributed by atoms with Crippen molar-refractivity contribution in [1.82, 2.24) is 10.6 Å². The molecule has 0 aliphatic rings. The van der Waals surface area contributed by atoms with E-state index in [0.717, 1.165) is 5.56 Å². The van der Waals surface area contributed by atoms with Crippen LogP contribution in [0.1, 0.15) is 15.9 Å². The van der Waals surface area contributed by atoms with Gasteiger partial charge in [0.15, 0.2) is 0 Å². The van der Waals surface area contributed by atoms with Gasteiger partial charge in [-0.25, -0.2) is 4.79 Å². The van der Waals surface area contributed by atoms with Crippen molar-refractivity contribution in [2.75, 3.05) is 27.2 Å². The molecule has 5 heteroatoms. The van der Waals surface area contributed by atoms with Crippen LogP contribution in [0, 0.1) is 0 Å². The summed E-state index contributed by atoms with van der Waals surface area (Å²) in [5.74, 6) is -0.391. The van der Waals surface area contributed by atoms with E-state index in [4.69, 9.17) is 0 Å². The molecule has 5 nitrogen and oxygen atoms in total. The van der Waals surface area contributed by atoms with Crippen LogP contribution in [-0.2, 0) is 16.0 Å². The van der Waals surface area contributed by atoms with Crippen LogP contribution in [0.4, 0.5) is 0 Å². The summed E-state index contributed by atoms with van der Waals surface area (Å²) in [7, 11) is 3.08. The van der Waals surface area contributed by atoms with E-state index in [-0.39, 0.29) is 11.9 Å². The Kier molecular flexibility index (Phi) is 5.87. The molecule has 0 fully saturated rings. The minimum atomic E-state index is -0.351. The van der Waals surface area contributed by atoms with Gasteiger partial charge in [-0.05, 0) is 31.2 Å². The van der Waals surface area contributed by atoms with Crippen molar-refractivity contribution in [1.29, 1.82) is 0 Å². The second kappa shape index (κ2) is 7.45. The molecule has 1 aromatic carbocycles. The van der Waals surface area contributed by atoms with E-state index >= 15 is 0 Å². The van der Waals surface area contributed by atoms with E-state index in [1.165, 1.54) is 7.11 Å². The maximum Gasteiger partial charge on any atom is 0.337 e. The molecular weight excluding hydrogens is 232 g/mol. The Morgan fingerprint density at radius 2 is 2.11 bits per heavy atom. The summed E-state index contributed by atoms with van der Waals surface area (Å²) in [6, 6.07) is 7.19. The van der Waals surface area contributed by atoms with Crippen molar-refractivity contribution >= 4 is 11.9 Å². The van der Waals surface area contributed by atoms with Crippen molar-refractivity contribution in [3.63, 3.8) is 0 Å². The molecule has 2 N–H and O–H groups in total. The molecule has 0 spiro atoms. The van der Waals surface area contributed by atoms with E-state index < -0.39 is 0 Å². The first-order chi connectivity index (χ1) is 8.67. The van der Waals surface area contributed by atoms with Gasteiger partial charge >= 0.3 is 5.97 Å². The summed E-state index contributed by atoms with van der Waals surface area (Å²) in [5, 5.41) is 5.55. The molecule has 0 saturated heterocycles. The SMILES string of the molecule is CNCC(=O)NCCc1cccc(C(=O)OC)c1. The van der Waals surface area contributed by atoms with Gasteiger partial charge in [0.1, 0.15) is 0 Å². The highest BCUT2D eigenvalue weighted by Crippen LogP contribution is 2.06. The molecule has 0 saturated carbocycles. The molecule has 0 bridgehead atoms. The predicted molar refractivity (Wildman–Crippen MR) is 68.4 cm³/mol. The molecule has 0 atom stereocenters. The number of esters is 1. The normalized spacial score (nSPS) is 9.89. The molecule has 0 radical (unpaired) electrons. The van der Waals surface area contributed by atoms with Gasteiger partial charge < -0.3 is 15.4 Å². The molecule has 1 aromatic rings. The molecule has 0 aromatic heterocycles. The summed E-state index contributed by atoms with van der Waals surface area (Å²) in [5.41, 5.74) is 1.51. The van der Waals surface area contributed by atoms with Crippen LogP contribution in [-0.4, -0.2) is 39.1 Å². The van der Waals surface area contributed by atoms with E-state index in [9.17, 15) is 9.59 Å². The average Bonchev–Trinajstić information content (AvgIpc) is 2.38. The lowest BCUT2D eigenvalue weighted by Gasteiger charge is -2.06. The average molecular weight is 250 g/mol. The highest BCUT2D eigenvalue weighted by Gasteiger charge is 2.05. The Balaban J connectivity index is 2.47. The standard InChI is InChI=1S/C13H18N2O3/c1-14-9-12(16)15-7-6-10-4-3-5-11(8-10)13(17)18-2/h3-5,8,14H,6-7,9H2,1-2H3,(H,15,16). The molecule has 18 heavy (non-hydrogen) atoms. The Bertz CT molecular complexity index is 418. The van der Waals surface area contributed by atoms with E-state index in [1.807, 2.05) is 6.07 Å². The van der Waals surface area contributed by atoms with Crippen LogP contribution in [0.2, 0.25) is 0 Å². The molecule has 0 unspecified atom stereocenters. The molecule has 98 valence electrons. The summed E-state index contributed by atoms with van der Waals surface area (Å²) in [6.07, 6.45) is 0.681. The number of hydrogen-bond acceptors (Lipinski definition) is 4. The third-order valence-electron chi connectivity index (χ3n) is 2.42.